The largest absolute Gasteiger partial charge is 0.508 e. The predicted molar refractivity (Wildman–Crippen MR) is 77.0 cm³/mol. The standard InChI is InChI=1S/C14H21N3O3/c1-4-17(8-10(3)13(15)16-20)14(19)11-5-6-12(18)9(2)7-11/h5-7,10,18,20H,4,8H2,1-3H3,(H2,15,16). The number of nitrogens with zero attached hydrogens (tertiary/aromatic N) is 2. The van der Waals surface area contributed by atoms with Crippen molar-refractivity contribution in [3.05, 3.63) is 29.3 Å². The van der Waals surface area contributed by atoms with Crippen LogP contribution in [-0.2, 0) is 0 Å². The first kappa shape index (κ1) is 15.8. The molecule has 0 aliphatic rings. The third-order valence-corrected chi connectivity index (χ3v) is 3.23. The summed E-state index contributed by atoms with van der Waals surface area (Å²) >= 11 is 0. The van der Waals surface area contributed by atoms with Crippen molar-refractivity contribution in [2.75, 3.05) is 13.1 Å². The van der Waals surface area contributed by atoms with Crippen molar-refractivity contribution in [1.29, 1.82) is 0 Å². The van der Waals surface area contributed by atoms with Crippen molar-refractivity contribution >= 4 is 11.7 Å². The second-order valence-electron chi connectivity index (χ2n) is 4.77. The van der Waals surface area contributed by atoms with Gasteiger partial charge in [-0.05, 0) is 37.6 Å². The number of carbonyl (C=O) groups excluding carboxylic acids is 1. The smallest absolute Gasteiger partial charge is 0.253 e. The van der Waals surface area contributed by atoms with E-state index in [4.69, 9.17) is 10.9 Å². The van der Waals surface area contributed by atoms with Crippen molar-refractivity contribution in [3.63, 3.8) is 0 Å². The highest BCUT2D eigenvalue weighted by atomic mass is 16.4. The van der Waals surface area contributed by atoms with Gasteiger partial charge in [0.25, 0.3) is 5.91 Å². The van der Waals surface area contributed by atoms with Crippen LogP contribution in [0.15, 0.2) is 23.4 Å². The number of nitrogens with two attached hydrogens (primary N) is 1. The lowest BCUT2D eigenvalue weighted by Gasteiger charge is -2.24. The molecule has 0 bridgehead atoms. The predicted octanol–water partition coefficient (Wildman–Crippen LogP) is 1.55. The van der Waals surface area contributed by atoms with Gasteiger partial charge in [0.15, 0.2) is 0 Å². The fourth-order valence-corrected chi connectivity index (χ4v) is 1.85. The van der Waals surface area contributed by atoms with E-state index in [-0.39, 0.29) is 23.4 Å². The molecule has 0 spiro atoms. The van der Waals surface area contributed by atoms with Gasteiger partial charge in [0, 0.05) is 24.6 Å². The van der Waals surface area contributed by atoms with Crippen LogP contribution in [0.2, 0.25) is 0 Å². The van der Waals surface area contributed by atoms with Crippen LogP contribution in [0.4, 0.5) is 0 Å². The molecule has 0 aromatic heterocycles. The molecule has 1 aromatic rings. The third kappa shape index (κ3) is 3.63. The Morgan fingerprint density at radius 3 is 2.65 bits per heavy atom. The van der Waals surface area contributed by atoms with Crippen molar-refractivity contribution in [2.45, 2.75) is 20.8 Å². The van der Waals surface area contributed by atoms with Gasteiger partial charge in [-0.1, -0.05) is 12.1 Å². The van der Waals surface area contributed by atoms with Crippen molar-refractivity contribution in [1.82, 2.24) is 4.90 Å². The van der Waals surface area contributed by atoms with Gasteiger partial charge >= 0.3 is 0 Å². The monoisotopic (exact) mass is 279 g/mol. The fraction of sp³-hybridized carbons (Fsp3) is 0.429. The molecule has 0 saturated heterocycles. The van der Waals surface area contributed by atoms with E-state index in [1.165, 1.54) is 6.07 Å². The third-order valence-electron chi connectivity index (χ3n) is 3.23. The van der Waals surface area contributed by atoms with E-state index in [1.54, 1.807) is 30.9 Å². The molecule has 0 aliphatic heterocycles. The number of benzene rings is 1. The molecule has 6 heteroatoms. The Balaban J connectivity index is 2.89. The molecule has 0 heterocycles. The van der Waals surface area contributed by atoms with E-state index in [0.29, 0.717) is 24.2 Å². The lowest BCUT2D eigenvalue weighted by atomic mass is 10.1. The first-order chi connectivity index (χ1) is 9.40. The number of aryl methyl sites for hydroxylation is 1. The molecule has 1 atom stereocenters. The first-order valence-corrected chi connectivity index (χ1v) is 6.47. The number of phenols is 1. The molecular weight excluding hydrogens is 258 g/mol. The topological polar surface area (TPSA) is 99.1 Å². The zero-order valence-electron chi connectivity index (χ0n) is 12.0. The van der Waals surface area contributed by atoms with Gasteiger partial charge in [-0.2, -0.15) is 0 Å². The van der Waals surface area contributed by atoms with Gasteiger partial charge in [-0.25, -0.2) is 0 Å². The molecule has 4 N–H and O–H groups in total. The molecule has 1 aromatic carbocycles. The summed E-state index contributed by atoms with van der Waals surface area (Å²) in [5.41, 5.74) is 6.69. The summed E-state index contributed by atoms with van der Waals surface area (Å²) in [4.78, 5) is 14.0. The van der Waals surface area contributed by atoms with Gasteiger partial charge in [-0.15, -0.1) is 0 Å². The number of phenolic OH excluding ortho intramolecular Hbond substituents is 1. The summed E-state index contributed by atoms with van der Waals surface area (Å²) in [7, 11) is 0. The number of amidine groups is 1. The van der Waals surface area contributed by atoms with E-state index in [9.17, 15) is 9.90 Å². The number of amides is 1. The molecule has 0 fully saturated rings. The molecule has 6 nitrogen and oxygen atoms in total. The minimum absolute atomic E-state index is 0.0955. The SMILES string of the molecule is CCN(CC(C)/C(N)=N/O)C(=O)c1ccc(O)c(C)c1. The molecule has 0 saturated carbocycles. The normalized spacial score (nSPS) is 13.1. The van der Waals surface area contributed by atoms with Crippen molar-refractivity contribution < 1.29 is 15.1 Å². The molecule has 110 valence electrons. The van der Waals surface area contributed by atoms with E-state index in [0.717, 1.165) is 0 Å². The Bertz CT molecular complexity index is 514. The van der Waals surface area contributed by atoms with Gasteiger partial charge in [0.2, 0.25) is 0 Å². The molecule has 1 unspecified atom stereocenters. The number of rotatable bonds is 5. The molecule has 0 radical (unpaired) electrons. The van der Waals surface area contributed by atoms with Crippen LogP contribution in [0.5, 0.6) is 5.75 Å². The summed E-state index contributed by atoms with van der Waals surface area (Å²) < 4.78 is 0. The minimum Gasteiger partial charge on any atom is -0.508 e. The highest BCUT2D eigenvalue weighted by Crippen LogP contribution is 2.18. The van der Waals surface area contributed by atoms with Crippen LogP contribution < -0.4 is 5.73 Å². The lowest BCUT2D eigenvalue weighted by Crippen LogP contribution is -2.38. The van der Waals surface area contributed by atoms with E-state index in [1.807, 2.05) is 6.92 Å². The van der Waals surface area contributed by atoms with Crippen molar-refractivity contribution in [3.8, 4) is 5.75 Å². The maximum absolute atomic E-state index is 12.4. The maximum atomic E-state index is 12.4. The number of carbonyl (C=O) groups is 1. The molecule has 20 heavy (non-hydrogen) atoms. The van der Waals surface area contributed by atoms with Crippen LogP contribution in [0.3, 0.4) is 0 Å². The van der Waals surface area contributed by atoms with Gasteiger partial charge in [0.05, 0.1) is 0 Å². The minimum atomic E-state index is -0.234. The Kier molecular flexibility index (Phi) is 5.37. The maximum Gasteiger partial charge on any atom is 0.253 e. The quantitative estimate of drug-likeness (QED) is 0.329. The van der Waals surface area contributed by atoms with Crippen LogP contribution in [-0.4, -0.2) is 40.0 Å². The number of hydrogen-bond acceptors (Lipinski definition) is 4. The van der Waals surface area contributed by atoms with Crippen LogP contribution in [0, 0.1) is 12.8 Å². The van der Waals surface area contributed by atoms with E-state index in [2.05, 4.69) is 5.16 Å². The molecule has 1 amide bonds. The van der Waals surface area contributed by atoms with Gasteiger partial charge in [0.1, 0.15) is 11.6 Å². The molecular formula is C14H21N3O3. The van der Waals surface area contributed by atoms with Gasteiger partial charge in [-0.3, -0.25) is 4.79 Å². The lowest BCUT2D eigenvalue weighted by molar-refractivity contribution is 0.0753. The Labute approximate surface area is 118 Å². The second-order valence-corrected chi connectivity index (χ2v) is 4.77. The highest BCUT2D eigenvalue weighted by Gasteiger charge is 2.19. The molecule has 1 rings (SSSR count). The van der Waals surface area contributed by atoms with Crippen LogP contribution in [0.1, 0.15) is 29.8 Å². The molecule has 0 aliphatic carbocycles. The van der Waals surface area contributed by atoms with Crippen LogP contribution >= 0.6 is 0 Å². The first-order valence-electron chi connectivity index (χ1n) is 6.47. The summed E-state index contributed by atoms with van der Waals surface area (Å²) in [5.74, 6) is -0.122. The van der Waals surface area contributed by atoms with E-state index < -0.39 is 0 Å². The number of hydrogen-bond donors (Lipinski definition) is 3. The zero-order chi connectivity index (χ0) is 15.3. The van der Waals surface area contributed by atoms with Gasteiger partial charge < -0.3 is 20.9 Å². The fourth-order valence-electron chi connectivity index (χ4n) is 1.85. The van der Waals surface area contributed by atoms with Crippen LogP contribution in [0.25, 0.3) is 0 Å². The Morgan fingerprint density at radius 2 is 2.15 bits per heavy atom. The number of aromatic hydroxyl groups is 1. The summed E-state index contributed by atoms with van der Waals surface area (Å²) in [6.07, 6.45) is 0. The second kappa shape index (κ2) is 6.79. The Hall–Kier alpha value is -2.24. The van der Waals surface area contributed by atoms with E-state index >= 15 is 0 Å². The summed E-state index contributed by atoms with van der Waals surface area (Å²) in [6.45, 7) is 6.27. The summed E-state index contributed by atoms with van der Waals surface area (Å²) in [5, 5.41) is 21.1. The number of oxime groups is 1. The summed E-state index contributed by atoms with van der Waals surface area (Å²) in [6, 6.07) is 4.74. The van der Waals surface area contributed by atoms with Crippen molar-refractivity contribution in [2.24, 2.45) is 16.8 Å². The zero-order valence-corrected chi connectivity index (χ0v) is 12.0. The highest BCUT2D eigenvalue weighted by molar-refractivity contribution is 5.95. The average Bonchev–Trinajstić information content (AvgIpc) is 2.45. The average molecular weight is 279 g/mol. The Morgan fingerprint density at radius 1 is 1.50 bits per heavy atom.